The van der Waals surface area contributed by atoms with Crippen molar-refractivity contribution < 1.29 is 17.9 Å². The van der Waals surface area contributed by atoms with Gasteiger partial charge in [-0.15, -0.1) is 24.0 Å². The molecule has 1 aromatic carbocycles. The lowest BCUT2D eigenvalue weighted by Gasteiger charge is -2.28. The van der Waals surface area contributed by atoms with Crippen molar-refractivity contribution in [2.24, 2.45) is 10.1 Å². The van der Waals surface area contributed by atoms with Gasteiger partial charge in [0.05, 0.1) is 23.3 Å². The summed E-state index contributed by atoms with van der Waals surface area (Å²) in [6.07, 6.45) is 2.32. The maximum Gasteiger partial charge on any atom is 0.238 e. The molecule has 1 aromatic heterocycles. The Kier molecular flexibility index (Phi) is 10.9. The minimum atomic E-state index is -3.72. The monoisotopic (exact) mass is 565 g/mol. The minimum Gasteiger partial charge on any atom is -0.469 e. The number of aliphatic imine (C=N–C) groups is 1. The van der Waals surface area contributed by atoms with Crippen LogP contribution in [-0.2, 0) is 23.0 Å². The summed E-state index contributed by atoms with van der Waals surface area (Å²) in [6.45, 7) is 3.49. The first-order valence-electron chi connectivity index (χ1n) is 9.59. The number of sulfonamides is 1. The minimum absolute atomic E-state index is 0. The molecule has 0 radical (unpaired) electrons. The van der Waals surface area contributed by atoms with E-state index >= 15 is 0 Å². The molecule has 1 heterocycles. The summed E-state index contributed by atoms with van der Waals surface area (Å²) >= 11 is 0. The number of hydrogen-bond acceptors (Lipinski definition) is 6. The van der Waals surface area contributed by atoms with Gasteiger partial charge in [-0.05, 0) is 50.8 Å². The van der Waals surface area contributed by atoms with Gasteiger partial charge in [0.25, 0.3) is 0 Å². The molecule has 0 spiro atoms. The van der Waals surface area contributed by atoms with Crippen molar-refractivity contribution in [1.29, 1.82) is 0 Å². The fourth-order valence-electron chi connectivity index (χ4n) is 2.90. The van der Waals surface area contributed by atoms with E-state index in [0.717, 1.165) is 11.3 Å². The Morgan fingerprint density at radius 3 is 2.45 bits per heavy atom. The number of furan rings is 1. The van der Waals surface area contributed by atoms with E-state index in [1.165, 1.54) is 12.1 Å². The molecule has 0 aliphatic carbocycles. The van der Waals surface area contributed by atoms with Gasteiger partial charge >= 0.3 is 0 Å². The van der Waals surface area contributed by atoms with Crippen LogP contribution in [0.25, 0.3) is 0 Å². The summed E-state index contributed by atoms with van der Waals surface area (Å²) in [4.78, 5) is 6.52. The lowest BCUT2D eigenvalue weighted by Crippen LogP contribution is -2.50. The quantitative estimate of drug-likeness (QED) is 0.193. The molecule has 174 valence electrons. The second-order valence-corrected chi connectivity index (χ2v) is 9.26. The van der Waals surface area contributed by atoms with E-state index in [4.69, 9.17) is 9.56 Å². The number of halogens is 1. The lowest BCUT2D eigenvalue weighted by molar-refractivity contribution is 0.0377. The SMILES string of the molecule is CN(C)CC(C)(O)CNC(=NCc1ccc(S(N)(=O)=O)cc1)NCCc1ccco1.I. The van der Waals surface area contributed by atoms with Crippen molar-refractivity contribution in [3.05, 3.63) is 54.0 Å². The molecule has 0 aliphatic heterocycles. The van der Waals surface area contributed by atoms with Crippen LogP contribution in [0.3, 0.4) is 0 Å². The molecule has 0 saturated carbocycles. The van der Waals surface area contributed by atoms with E-state index in [1.807, 2.05) is 31.1 Å². The van der Waals surface area contributed by atoms with Gasteiger partial charge in [0.15, 0.2) is 5.96 Å². The largest absolute Gasteiger partial charge is 0.469 e. The van der Waals surface area contributed by atoms with Crippen LogP contribution in [0.4, 0.5) is 0 Å². The lowest BCUT2D eigenvalue weighted by atomic mass is 10.1. The number of likely N-dealkylation sites (N-methyl/N-ethyl adjacent to an activating group) is 1. The van der Waals surface area contributed by atoms with Crippen LogP contribution in [0.5, 0.6) is 0 Å². The fraction of sp³-hybridized carbons (Fsp3) is 0.450. The number of nitrogens with zero attached hydrogens (tertiary/aromatic N) is 2. The van der Waals surface area contributed by atoms with E-state index in [1.54, 1.807) is 25.3 Å². The van der Waals surface area contributed by atoms with Crippen molar-refractivity contribution >= 4 is 40.0 Å². The van der Waals surface area contributed by atoms with Crippen LogP contribution in [0.15, 0.2) is 57.0 Å². The summed E-state index contributed by atoms with van der Waals surface area (Å²) < 4.78 is 28.1. The second kappa shape index (κ2) is 12.4. The summed E-state index contributed by atoms with van der Waals surface area (Å²) in [5.41, 5.74) is -0.112. The third-order valence-electron chi connectivity index (χ3n) is 4.21. The maximum atomic E-state index is 11.4. The van der Waals surface area contributed by atoms with Gasteiger partial charge < -0.3 is 25.1 Å². The molecule has 0 aliphatic rings. The van der Waals surface area contributed by atoms with Gasteiger partial charge in [-0.3, -0.25) is 0 Å². The summed E-state index contributed by atoms with van der Waals surface area (Å²) in [7, 11) is 0.0776. The van der Waals surface area contributed by atoms with Gasteiger partial charge in [0.1, 0.15) is 5.76 Å². The average molecular weight is 565 g/mol. The summed E-state index contributed by atoms with van der Waals surface area (Å²) in [5.74, 6) is 1.40. The fourth-order valence-corrected chi connectivity index (χ4v) is 3.41. The van der Waals surface area contributed by atoms with Gasteiger partial charge in [0.2, 0.25) is 10.0 Å². The third-order valence-corrected chi connectivity index (χ3v) is 5.14. The van der Waals surface area contributed by atoms with Crippen LogP contribution in [0.1, 0.15) is 18.2 Å². The summed E-state index contributed by atoms with van der Waals surface area (Å²) in [6, 6.07) is 10.0. The molecule has 31 heavy (non-hydrogen) atoms. The van der Waals surface area contributed by atoms with E-state index in [9.17, 15) is 13.5 Å². The van der Waals surface area contributed by atoms with Gasteiger partial charge in [-0.1, -0.05) is 12.1 Å². The zero-order valence-electron chi connectivity index (χ0n) is 18.0. The van der Waals surface area contributed by atoms with E-state index in [0.29, 0.717) is 38.6 Å². The van der Waals surface area contributed by atoms with Crippen LogP contribution < -0.4 is 15.8 Å². The highest BCUT2D eigenvalue weighted by Gasteiger charge is 2.21. The molecule has 0 fully saturated rings. The first-order valence-corrected chi connectivity index (χ1v) is 11.1. The van der Waals surface area contributed by atoms with Crippen molar-refractivity contribution in [3.8, 4) is 0 Å². The van der Waals surface area contributed by atoms with E-state index < -0.39 is 15.6 Å². The Morgan fingerprint density at radius 2 is 1.90 bits per heavy atom. The van der Waals surface area contributed by atoms with E-state index in [-0.39, 0.29) is 28.9 Å². The number of primary sulfonamides is 1. The molecule has 1 unspecified atom stereocenters. The molecule has 0 bridgehead atoms. The second-order valence-electron chi connectivity index (χ2n) is 7.70. The Balaban J connectivity index is 0.00000480. The molecular weight excluding hydrogens is 533 g/mol. The number of hydrogen-bond donors (Lipinski definition) is 4. The summed E-state index contributed by atoms with van der Waals surface area (Å²) in [5, 5.41) is 22.1. The topological polar surface area (TPSA) is 133 Å². The normalized spacial score (nSPS) is 14.1. The molecule has 5 N–H and O–H groups in total. The number of benzene rings is 1. The zero-order valence-corrected chi connectivity index (χ0v) is 21.2. The zero-order chi connectivity index (χ0) is 22.2. The van der Waals surface area contributed by atoms with Crippen LogP contribution in [0, 0.1) is 0 Å². The number of aliphatic hydroxyl groups is 1. The van der Waals surface area contributed by atoms with E-state index in [2.05, 4.69) is 15.6 Å². The number of nitrogens with two attached hydrogens (primary N) is 1. The number of nitrogens with one attached hydrogen (secondary N) is 2. The van der Waals surface area contributed by atoms with Crippen LogP contribution >= 0.6 is 24.0 Å². The smallest absolute Gasteiger partial charge is 0.238 e. The molecular formula is C20H32IN5O4S. The molecule has 0 saturated heterocycles. The Morgan fingerprint density at radius 1 is 1.23 bits per heavy atom. The molecule has 0 amide bonds. The Hall–Kier alpha value is -1.67. The number of rotatable bonds is 10. The van der Waals surface area contributed by atoms with Gasteiger partial charge in [0, 0.05) is 26.1 Å². The first kappa shape index (κ1) is 27.4. The van der Waals surface area contributed by atoms with Crippen LogP contribution in [0.2, 0.25) is 0 Å². The molecule has 2 rings (SSSR count). The predicted octanol–water partition coefficient (Wildman–Crippen LogP) is 1.14. The predicted molar refractivity (Wildman–Crippen MR) is 132 cm³/mol. The van der Waals surface area contributed by atoms with Crippen molar-refractivity contribution in [2.75, 3.05) is 33.7 Å². The van der Waals surface area contributed by atoms with Gasteiger partial charge in [-0.2, -0.15) is 0 Å². The maximum absolute atomic E-state index is 11.4. The molecule has 1 atom stereocenters. The molecule has 11 heteroatoms. The number of guanidine groups is 1. The van der Waals surface area contributed by atoms with Crippen LogP contribution in [-0.4, -0.2) is 63.7 Å². The van der Waals surface area contributed by atoms with Crippen molar-refractivity contribution in [3.63, 3.8) is 0 Å². The average Bonchev–Trinajstić information content (AvgIpc) is 3.15. The van der Waals surface area contributed by atoms with Crippen molar-refractivity contribution in [1.82, 2.24) is 15.5 Å². The standard InChI is InChI=1S/C20H31N5O4S.HI/c1-20(26,15-25(2)3)14-24-19(22-11-10-17-5-4-12-29-17)23-13-16-6-8-18(9-7-16)30(21,27)28;/h4-9,12,26H,10-11,13-15H2,1-3H3,(H2,21,27,28)(H2,22,23,24);1H. The van der Waals surface area contributed by atoms with Gasteiger partial charge in [-0.25, -0.2) is 18.5 Å². The highest BCUT2D eigenvalue weighted by Crippen LogP contribution is 2.10. The van der Waals surface area contributed by atoms with Crippen molar-refractivity contribution in [2.45, 2.75) is 30.4 Å². The highest BCUT2D eigenvalue weighted by molar-refractivity contribution is 14.0. The Bertz CT molecular complexity index is 914. The first-order chi connectivity index (χ1) is 14.0. The molecule has 9 nitrogen and oxygen atoms in total. The Labute approximate surface area is 201 Å². The third kappa shape index (κ3) is 10.5. The molecule has 2 aromatic rings. The highest BCUT2D eigenvalue weighted by atomic mass is 127.